The fourth-order valence-electron chi connectivity index (χ4n) is 2.71. The van der Waals surface area contributed by atoms with Gasteiger partial charge < -0.3 is 10.5 Å². The van der Waals surface area contributed by atoms with Gasteiger partial charge in [-0.3, -0.25) is 0 Å². The summed E-state index contributed by atoms with van der Waals surface area (Å²) in [6.07, 6.45) is 6.04. The topological polar surface area (TPSA) is 35.2 Å². The molecule has 1 aromatic rings. The first-order valence-electron chi connectivity index (χ1n) is 6.31. The van der Waals surface area contributed by atoms with Gasteiger partial charge in [-0.25, -0.2) is 4.39 Å². The molecule has 17 heavy (non-hydrogen) atoms. The van der Waals surface area contributed by atoms with Gasteiger partial charge in [-0.05, 0) is 37.0 Å². The van der Waals surface area contributed by atoms with Crippen LogP contribution in [0.1, 0.15) is 43.7 Å². The summed E-state index contributed by atoms with van der Waals surface area (Å²) in [5, 5.41) is 0. The van der Waals surface area contributed by atoms with Crippen LogP contribution < -0.4 is 10.5 Å². The Kier molecular flexibility index (Phi) is 4.00. The molecule has 1 atom stereocenters. The number of rotatable bonds is 3. The van der Waals surface area contributed by atoms with E-state index in [1.165, 1.54) is 31.4 Å². The minimum Gasteiger partial charge on any atom is -0.496 e. The van der Waals surface area contributed by atoms with Crippen LogP contribution in [0.3, 0.4) is 0 Å². The molecule has 0 radical (unpaired) electrons. The second-order valence-electron chi connectivity index (χ2n) is 4.81. The van der Waals surface area contributed by atoms with Gasteiger partial charge in [0.05, 0.1) is 7.11 Å². The normalized spacial score (nSPS) is 19.0. The largest absolute Gasteiger partial charge is 0.496 e. The first kappa shape index (κ1) is 12.4. The van der Waals surface area contributed by atoms with Crippen molar-refractivity contribution in [1.82, 2.24) is 0 Å². The summed E-state index contributed by atoms with van der Waals surface area (Å²) in [6, 6.07) is 4.47. The summed E-state index contributed by atoms with van der Waals surface area (Å²) in [4.78, 5) is 0. The van der Waals surface area contributed by atoms with Crippen LogP contribution in [0.25, 0.3) is 0 Å². The van der Waals surface area contributed by atoms with Gasteiger partial charge in [0.2, 0.25) is 0 Å². The van der Waals surface area contributed by atoms with Gasteiger partial charge in [0, 0.05) is 11.6 Å². The van der Waals surface area contributed by atoms with Gasteiger partial charge in [0.15, 0.2) is 0 Å². The Bertz CT molecular complexity index is 374. The third-order valence-electron chi connectivity index (χ3n) is 3.71. The van der Waals surface area contributed by atoms with Crippen molar-refractivity contribution in [3.63, 3.8) is 0 Å². The van der Waals surface area contributed by atoms with Crippen LogP contribution >= 0.6 is 0 Å². The fourth-order valence-corrected chi connectivity index (χ4v) is 2.71. The number of hydrogen-bond donors (Lipinski definition) is 1. The smallest absolute Gasteiger partial charge is 0.123 e. The second kappa shape index (κ2) is 5.50. The Morgan fingerprint density at radius 1 is 1.29 bits per heavy atom. The lowest BCUT2D eigenvalue weighted by Crippen LogP contribution is -2.24. The van der Waals surface area contributed by atoms with Crippen molar-refractivity contribution in [1.29, 1.82) is 0 Å². The van der Waals surface area contributed by atoms with Crippen molar-refractivity contribution in [2.45, 2.75) is 38.1 Å². The van der Waals surface area contributed by atoms with Crippen LogP contribution in [0.4, 0.5) is 4.39 Å². The highest BCUT2D eigenvalue weighted by atomic mass is 19.1. The Labute approximate surface area is 102 Å². The van der Waals surface area contributed by atoms with Crippen molar-refractivity contribution >= 4 is 0 Å². The zero-order valence-electron chi connectivity index (χ0n) is 10.3. The van der Waals surface area contributed by atoms with E-state index in [1.807, 2.05) is 0 Å². The molecule has 2 nitrogen and oxygen atoms in total. The average Bonchev–Trinajstić information content (AvgIpc) is 2.39. The predicted octanol–water partition coefficient (Wildman–Crippen LogP) is 3.41. The second-order valence-corrected chi connectivity index (χ2v) is 4.81. The number of ether oxygens (including phenoxy) is 1. The minimum absolute atomic E-state index is 0.110. The first-order valence-corrected chi connectivity index (χ1v) is 6.31. The van der Waals surface area contributed by atoms with Crippen LogP contribution in [-0.2, 0) is 0 Å². The maximum Gasteiger partial charge on any atom is 0.123 e. The van der Waals surface area contributed by atoms with Crippen LogP contribution in [0.15, 0.2) is 18.2 Å². The molecule has 2 N–H and O–H groups in total. The monoisotopic (exact) mass is 237 g/mol. The third-order valence-corrected chi connectivity index (χ3v) is 3.71. The van der Waals surface area contributed by atoms with Crippen LogP contribution in [0, 0.1) is 11.7 Å². The SMILES string of the molecule is COc1ccc(F)cc1[C@H](N)C1CCCCC1. The Balaban J connectivity index is 2.21. The maximum atomic E-state index is 13.3. The van der Waals surface area contributed by atoms with E-state index in [1.54, 1.807) is 13.2 Å². The van der Waals surface area contributed by atoms with Crippen LogP contribution in [0.2, 0.25) is 0 Å². The van der Waals surface area contributed by atoms with E-state index in [2.05, 4.69) is 0 Å². The molecule has 1 aliphatic carbocycles. The minimum atomic E-state index is -0.243. The zero-order chi connectivity index (χ0) is 12.3. The average molecular weight is 237 g/mol. The molecule has 0 spiro atoms. The Morgan fingerprint density at radius 2 is 2.00 bits per heavy atom. The number of methoxy groups -OCH3 is 1. The molecule has 0 saturated heterocycles. The molecule has 0 heterocycles. The van der Waals surface area contributed by atoms with E-state index in [4.69, 9.17) is 10.5 Å². The van der Waals surface area contributed by atoms with E-state index >= 15 is 0 Å². The molecule has 1 aliphatic rings. The molecule has 0 aromatic heterocycles. The highest BCUT2D eigenvalue weighted by molar-refractivity contribution is 5.36. The molecule has 94 valence electrons. The van der Waals surface area contributed by atoms with Crippen molar-refractivity contribution in [2.75, 3.05) is 7.11 Å². The van der Waals surface area contributed by atoms with Gasteiger partial charge in [0.1, 0.15) is 11.6 Å². The van der Waals surface area contributed by atoms with Gasteiger partial charge in [0.25, 0.3) is 0 Å². The highest BCUT2D eigenvalue weighted by Crippen LogP contribution is 2.36. The van der Waals surface area contributed by atoms with E-state index in [0.717, 1.165) is 18.4 Å². The summed E-state index contributed by atoms with van der Waals surface area (Å²) in [5.41, 5.74) is 7.07. The number of hydrogen-bond acceptors (Lipinski definition) is 2. The molecule has 0 aliphatic heterocycles. The van der Waals surface area contributed by atoms with Crippen LogP contribution in [-0.4, -0.2) is 7.11 Å². The van der Waals surface area contributed by atoms with Crippen LogP contribution in [0.5, 0.6) is 5.75 Å². The van der Waals surface area contributed by atoms with Gasteiger partial charge >= 0.3 is 0 Å². The molecule has 2 rings (SSSR count). The molecule has 1 fully saturated rings. The molecular weight excluding hydrogens is 217 g/mol. The molecule has 3 heteroatoms. The lowest BCUT2D eigenvalue weighted by atomic mass is 9.81. The lowest BCUT2D eigenvalue weighted by molar-refractivity contribution is 0.300. The van der Waals surface area contributed by atoms with Crippen molar-refractivity contribution < 1.29 is 9.13 Å². The zero-order valence-corrected chi connectivity index (χ0v) is 10.3. The van der Waals surface area contributed by atoms with Gasteiger partial charge in [-0.2, -0.15) is 0 Å². The van der Waals surface area contributed by atoms with E-state index in [9.17, 15) is 4.39 Å². The summed E-state index contributed by atoms with van der Waals surface area (Å²) in [5.74, 6) is 0.913. The predicted molar refractivity (Wildman–Crippen MR) is 66.5 cm³/mol. The molecule has 1 aromatic carbocycles. The summed E-state index contributed by atoms with van der Waals surface area (Å²) in [6.45, 7) is 0. The third kappa shape index (κ3) is 2.78. The standard InChI is InChI=1S/C14H20FNO/c1-17-13-8-7-11(15)9-12(13)14(16)10-5-3-2-4-6-10/h7-10,14H,2-6,16H2,1H3/t14-/m1/s1. The fraction of sp³-hybridized carbons (Fsp3) is 0.571. The van der Waals surface area contributed by atoms with Gasteiger partial charge in [-0.1, -0.05) is 19.3 Å². The lowest BCUT2D eigenvalue weighted by Gasteiger charge is -2.28. The summed E-state index contributed by atoms with van der Waals surface area (Å²) < 4.78 is 18.6. The Morgan fingerprint density at radius 3 is 2.65 bits per heavy atom. The molecule has 0 amide bonds. The van der Waals surface area contributed by atoms with Crippen molar-refractivity contribution in [2.24, 2.45) is 11.7 Å². The van der Waals surface area contributed by atoms with Crippen molar-refractivity contribution in [3.8, 4) is 5.75 Å². The number of nitrogens with two attached hydrogens (primary N) is 1. The van der Waals surface area contributed by atoms with E-state index < -0.39 is 0 Å². The van der Waals surface area contributed by atoms with Crippen molar-refractivity contribution in [3.05, 3.63) is 29.6 Å². The quantitative estimate of drug-likeness (QED) is 0.874. The molecule has 0 bridgehead atoms. The summed E-state index contributed by atoms with van der Waals surface area (Å²) >= 11 is 0. The highest BCUT2D eigenvalue weighted by Gasteiger charge is 2.24. The van der Waals surface area contributed by atoms with E-state index in [0.29, 0.717) is 11.7 Å². The number of benzene rings is 1. The van der Waals surface area contributed by atoms with E-state index in [-0.39, 0.29) is 11.9 Å². The summed E-state index contributed by atoms with van der Waals surface area (Å²) in [7, 11) is 1.60. The molecule has 0 unspecified atom stereocenters. The maximum absolute atomic E-state index is 13.3. The first-order chi connectivity index (χ1) is 8.22. The molecular formula is C14H20FNO. The molecule has 1 saturated carbocycles. The Hall–Kier alpha value is -1.09. The number of halogens is 1. The van der Waals surface area contributed by atoms with Gasteiger partial charge in [-0.15, -0.1) is 0 Å².